The standard InChI is InChI=1S/C21H26F2N2O5/c1-6-7-25-14(4)16(19(26)29-9-8-28-5)17(24-21(25)27)15-10-12(2)18(13(3)11-15)30-20(22)23/h6,10-11,17,20H,1,7-9H2,2-5H3,(H,24,27)/t17-/m1/s1. The lowest BCUT2D eigenvalue weighted by Crippen LogP contribution is -2.48. The Morgan fingerprint density at radius 3 is 2.43 bits per heavy atom. The third kappa shape index (κ3) is 5.15. The number of urea groups is 1. The van der Waals surface area contributed by atoms with Crippen molar-refractivity contribution in [1.29, 1.82) is 0 Å². The molecule has 30 heavy (non-hydrogen) atoms. The summed E-state index contributed by atoms with van der Waals surface area (Å²) in [5.74, 6) is -0.541. The molecule has 1 aliphatic heterocycles. The van der Waals surface area contributed by atoms with Crippen LogP contribution in [0, 0.1) is 13.8 Å². The molecule has 1 N–H and O–H groups in total. The second-order valence-electron chi connectivity index (χ2n) is 6.77. The number of allylic oxidation sites excluding steroid dienone is 1. The smallest absolute Gasteiger partial charge is 0.387 e. The summed E-state index contributed by atoms with van der Waals surface area (Å²) in [6, 6.07) is 1.99. The van der Waals surface area contributed by atoms with Crippen LogP contribution in [-0.2, 0) is 14.3 Å². The van der Waals surface area contributed by atoms with Crippen molar-refractivity contribution in [3.8, 4) is 5.75 Å². The van der Waals surface area contributed by atoms with E-state index in [2.05, 4.69) is 16.6 Å². The van der Waals surface area contributed by atoms with Crippen LogP contribution in [0.2, 0.25) is 0 Å². The quantitative estimate of drug-likeness (QED) is 0.372. The molecule has 2 rings (SSSR count). The van der Waals surface area contributed by atoms with E-state index in [1.54, 1.807) is 39.0 Å². The van der Waals surface area contributed by atoms with Crippen LogP contribution >= 0.6 is 0 Å². The van der Waals surface area contributed by atoms with Crippen molar-refractivity contribution in [1.82, 2.24) is 10.2 Å². The van der Waals surface area contributed by atoms with Crippen molar-refractivity contribution >= 4 is 12.0 Å². The summed E-state index contributed by atoms with van der Waals surface area (Å²) < 4.78 is 40.2. The van der Waals surface area contributed by atoms with Crippen molar-refractivity contribution in [2.75, 3.05) is 26.9 Å². The van der Waals surface area contributed by atoms with Crippen molar-refractivity contribution in [3.05, 3.63) is 52.7 Å². The van der Waals surface area contributed by atoms with Crippen molar-refractivity contribution < 1.29 is 32.6 Å². The summed E-state index contributed by atoms with van der Waals surface area (Å²) in [4.78, 5) is 26.8. The van der Waals surface area contributed by atoms with Crippen LogP contribution in [0.15, 0.2) is 36.1 Å². The minimum Gasteiger partial charge on any atom is -0.460 e. The van der Waals surface area contributed by atoms with E-state index in [0.29, 0.717) is 22.4 Å². The first-order valence-electron chi connectivity index (χ1n) is 9.32. The number of esters is 1. The number of hydrogen-bond donors (Lipinski definition) is 1. The molecule has 0 saturated carbocycles. The van der Waals surface area contributed by atoms with Crippen molar-refractivity contribution in [3.63, 3.8) is 0 Å². The van der Waals surface area contributed by atoms with Crippen LogP contribution in [-0.4, -0.2) is 50.4 Å². The molecule has 0 radical (unpaired) electrons. The highest BCUT2D eigenvalue weighted by molar-refractivity contribution is 5.95. The van der Waals surface area contributed by atoms with Crippen molar-refractivity contribution in [2.45, 2.75) is 33.4 Å². The molecule has 0 unspecified atom stereocenters. The first kappa shape index (κ1) is 23.3. The number of carbonyl (C=O) groups excluding carboxylic acids is 2. The van der Waals surface area contributed by atoms with Gasteiger partial charge in [-0.2, -0.15) is 8.78 Å². The summed E-state index contributed by atoms with van der Waals surface area (Å²) in [5, 5.41) is 2.79. The average Bonchev–Trinajstić information content (AvgIpc) is 2.67. The molecular weight excluding hydrogens is 398 g/mol. The molecule has 0 aromatic heterocycles. The van der Waals surface area contributed by atoms with Gasteiger partial charge < -0.3 is 19.5 Å². The highest BCUT2D eigenvalue weighted by Crippen LogP contribution is 2.35. The fourth-order valence-electron chi connectivity index (χ4n) is 3.37. The molecule has 9 heteroatoms. The van der Waals surface area contributed by atoms with Crippen LogP contribution < -0.4 is 10.1 Å². The Labute approximate surface area is 174 Å². The van der Waals surface area contributed by atoms with Gasteiger partial charge in [0.15, 0.2) is 0 Å². The molecule has 0 bridgehead atoms. The predicted octanol–water partition coefficient (Wildman–Crippen LogP) is 3.62. The molecule has 0 saturated heterocycles. The number of nitrogens with one attached hydrogen (secondary N) is 1. The molecule has 1 atom stereocenters. The monoisotopic (exact) mass is 424 g/mol. The van der Waals surface area contributed by atoms with Gasteiger partial charge in [-0.1, -0.05) is 6.08 Å². The summed E-state index contributed by atoms with van der Waals surface area (Å²) in [6.45, 7) is 6.05. The van der Waals surface area contributed by atoms with Crippen LogP contribution in [0.4, 0.5) is 13.6 Å². The zero-order valence-corrected chi connectivity index (χ0v) is 17.5. The molecule has 0 spiro atoms. The van der Waals surface area contributed by atoms with Crippen LogP contribution in [0.1, 0.15) is 29.7 Å². The van der Waals surface area contributed by atoms with E-state index in [-0.39, 0.29) is 31.1 Å². The van der Waals surface area contributed by atoms with Gasteiger partial charge in [-0.25, -0.2) is 9.59 Å². The topological polar surface area (TPSA) is 77.1 Å². The molecule has 2 amide bonds. The van der Waals surface area contributed by atoms with Gasteiger partial charge in [0.25, 0.3) is 0 Å². The van der Waals surface area contributed by atoms with Gasteiger partial charge in [0.1, 0.15) is 12.4 Å². The first-order chi connectivity index (χ1) is 14.2. The lowest BCUT2D eigenvalue weighted by molar-refractivity contribution is -0.140. The lowest BCUT2D eigenvalue weighted by Gasteiger charge is -2.35. The molecule has 1 aromatic rings. The SMILES string of the molecule is C=CCN1C(=O)N[C@H](c2cc(C)c(OC(F)F)c(C)c2)C(C(=O)OCCOC)=C1C. The third-order valence-electron chi connectivity index (χ3n) is 4.67. The Kier molecular flexibility index (Phi) is 7.93. The van der Waals surface area contributed by atoms with Crippen LogP contribution in [0.5, 0.6) is 5.75 Å². The first-order valence-corrected chi connectivity index (χ1v) is 9.32. The number of amides is 2. The van der Waals surface area contributed by atoms with Gasteiger partial charge in [0.2, 0.25) is 0 Å². The number of ether oxygens (including phenoxy) is 3. The van der Waals surface area contributed by atoms with Gasteiger partial charge in [0, 0.05) is 19.4 Å². The molecule has 1 heterocycles. The fourth-order valence-corrected chi connectivity index (χ4v) is 3.37. The van der Waals surface area contributed by atoms with E-state index in [4.69, 9.17) is 9.47 Å². The number of carbonyl (C=O) groups is 2. The van der Waals surface area contributed by atoms with E-state index < -0.39 is 24.7 Å². The maximum atomic E-state index is 12.8. The highest BCUT2D eigenvalue weighted by atomic mass is 19.3. The van der Waals surface area contributed by atoms with E-state index in [9.17, 15) is 18.4 Å². The molecule has 164 valence electrons. The maximum Gasteiger partial charge on any atom is 0.387 e. The van der Waals surface area contributed by atoms with Gasteiger partial charge in [-0.05, 0) is 49.6 Å². The van der Waals surface area contributed by atoms with Gasteiger partial charge >= 0.3 is 18.6 Å². The second kappa shape index (κ2) is 10.2. The Bertz CT molecular complexity index is 831. The van der Waals surface area contributed by atoms with E-state index in [1.165, 1.54) is 12.0 Å². The molecule has 1 aromatic carbocycles. The zero-order chi connectivity index (χ0) is 22.4. The van der Waals surface area contributed by atoms with Gasteiger partial charge in [-0.15, -0.1) is 6.58 Å². The Balaban J connectivity index is 2.51. The highest BCUT2D eigenvalue weighted by Gasteiger charge is 2.36. The lowest BCUT2D eigenvalue weighted by atomic mass is 9.92. The third-order valence-corrected chi connectivity index (χ3v) is 4.67. The Morgan fingerprint density at radius 2 is 1.90 bits per heavy atom. The summed E-state index contributed by atoms with van der Waals surface area (Å²) in [7, 11) is 1.49. The normalized spacial score (nSPS) is 16.6. The molecular formula is C21H26F2N2O5. The summed E-state index contributed by atoms with van der Waals surface area (Å²) in [5.41, 5.74) is 2.13. The van der Waals surface area contributed by atoms with E-state index in [0.717, 1.165) is 0 Å². The Morgan fingerprint density at radius 1 is 1.27 bits per heavy atom. The fraction of sp³-hybridized carbons (Fsp3) is 0.429. The molecule has 7 nitrogen and oxygen atoms in total. The molecule has 0 aliphatic carbocycles. The zero-order valence-electron chi connectivity index (χ0n) is 17.5. The molecule has 1 aliphatic rings. The number of methoxy groups -OCH3 is 1. The van der Waals surface area contributed by atoms with Gasteiger partial charge in [-0.3, -0.25) is 4.90 Å². The number of benzene rings is 1. The number of alkyl halides is 2. The minimum absolute atomic E-state index is 0.0491. The number of aryl methyl sites for hydroxylation is 2. The number of hydrogen-bond acceptors (Lipinski definition) is 5. The largest absolute Gasteiger partial charge is 0.460 e. The number of rotatable bonds is 9. The average molecular weight is 424 g/mol. The maximum absolute atomic E-state index is 12.8. The van der Waals surface area contributed by atoms with E-state index >= 15 is 0 Å². The Hall–Kier alpha value is -2.94. The summed E-state index contributed by atoms with van der Waals surface area (Å²) >= 11 is 0. The van der Waals surface area contributed by atoms with E-state index in [1.807, 2.05) is 0 Å². The van der Waals surface area contributed by atoms with Gasteiger partial charge in [0.05, 0.1) is 18.2 Å². The number of nitrogens with zero attached hydrogens (tertiary/aromatic N) is 1. The summed E-state index contributed by atoms with van der Waals surface area (Å²) in [6.07, 6.45) is 1.54. The minimum atomic E-state index is -2.96. The number of halogens is 2. The molecule has 0 fully saturated rings. The van der Waals surface area contributed by atoms with Crippen molar-refractivity contribution in [2.24, 2.45) is 0 Å². The second-order valence-corrected chi connectivity index (χ2v) is 6.77. The predicted molar refractivity (Wildman–Crippen MR) is 106 cm³/mol. The van der Waals surface area contributed by atoms with Crippen LogP contribution in [0.3, 0.4) is 0 Å². The van der Waals surface area contributed by atoms with Crippen LogP contribution in [0.25, 0.3) is 0 Å².